The Hall–Kier alpha value is -7.92. The van der Waals surface area contributed by atoms with E-state index < -0.39 is 312 Å². The van der Waals surface area contributed by atoms with Crippen LogP contribution in [0.15, 0.2) is 159 Å². The van der Waals surface area contributed by atoms with Crippen molar-refractivity contribution in [3.63, 3.8) is 0 Å². The second-order valence-electron chi connectivity index (χ2n) is 20.4. The highest BCUT2D eigenvalue weighted by atomic mass is 32.2. The molecule has 2 amide bonds. The monoisotopic (exact) mass is 1400 g/mol. The first-order chi connectivity index (χ1) is 59.7. The number of benzene rings is 6. The molecule has 10 rings (SSSR count). The summed E-state index contributed by atoms with van der Waals surface area (Å²) in [6.45, 7) is -16.2. The van der Waals surface area contributed by atoms with E-state index in [1.54, 1.807) is 0 Å². The number of thioether (sulfide) groups is 2. The summed E-state index contributed by atoms with van der Waals surface area (Å²) in [6.07, 6.45) is -15.9. The minimum atomic E-state index is -5.36. The number of alkyl halides is 6. The fraction of sp³-hybridized carbons (Fsp3) is 0.378. The fourth-order valence-corrected chi connectivity index (χ4v) is 10.7. The topological polar surface area (TPSA) is 117 Å². The summed E-state index contributed by atoms with van der Waals surface area (Å²) in [4.78, 5) is 66.5. The van der Waals surface area contributed by atoms with Gasteiger partial charge in [0.2, 0.25) is 11.8 Å². The Kier molecular flexibility index (Phi) is 13.1. The molecule has 22 heteroatoms. The van der Waals surface area contributed by atoms with Gasteiger partial charge in [0.25, 0.3) is 11.1 Å². The highest BCUT2D eigenvalue weighted by molar-refractivity contribution is 7.98. The van der Waals surface area contributed by atoms with Crippen LogP contribution in [0, 0.1) is 24.5 Å². The molecule has 0 saturated carbocycles. The van der Waals surface area contributed by atoms with Crippen LogP contribution in [0.3, 0.4) is 0 Å². The van der Waals surface area contributed by atoms with E-state index in [0.29, 0.717) is 36.2 Å². The zero-order chi connectivity index (χ0) is 101. The Morgan fingerprint density at radius 2 is 1.04 bits per heavy atom. The van der Waals surface area contributed by atoms with Crippen LogP contribution in [-0.4, -0.2) is 103 Å². The minimum absolute atomic E-state index is 0.0395. The molecule has 0 spiro atoms. The molecule has 2 aliphatic carbocycles. The molecule has 0 radical (unpaired) electrons. The lowest BCUT2D eigenvalue weighted by Crippen LogP contribution is -2.40. The van der Waals surface area contributed by atoms with E-state index in [0.717, 1.165) is 58.2 Å². The predicted octanol–water partition coefficient (Wildman–Crippen LogP) is 15.0. The van der Waals surface area contributed by atoms with E-state index in [1.165, 1.54) is 36.4 Å². The van der Waals surface area contributed by atoms with E-state index in [4.69, 9.17) is 43.9 Å². The molecule has 0 aliphatic heterocycles. The first-order valence-electron chi connectivity index (χ1n) is 46.7. The van der Waals surface area contributed by atoms with Crippen LogP contribution >= 0.6 is 23.5 Å². The van der Waals surface area contributed by atoms with Crippen LogP contribution in [0.2, 0.25) is 0 Å². The summed E-state index contributed by atoms with van der Waals surface area (Å²) in [5.74, 6) is -8.75. The summed E-state index contributed by atoms with van der Waals surface area (Å²) >= 11 is -0.146. The molecule has 2 aromatic heterocycles. The van der Waals surface area contributed by atoms with E-state index in [9.17, 15) is 59.8 Å². The average Bonchev–Trinajstić information content (AvgIpc) is 1.52. The van der Waals surface area contributed by atoms with Gasteiger partial charge in [0.05, 0.1) is 37.2 Å². The van der Waals surface area contributed by atoms with Crippen molar-refractivity contribution in [2.45, 2.75) is 134 Å². The average molecular weight is 1400 g/mol. The van der Waals surface area contributed by atoms with Gasteiger partial charge in [-0.25, -0.2) is 8.78 Å². The second kappa shape index (κ2) is 32.9. The molecule has 0 saturated heterocycles. The van der Waals surface area contributed by atoms with Crippen molar-refractivity contribution in [3.8, 4) is 22.3 Å². The summed E-state index contributed by atoms with van der Waals surface area (Å²) in [5, 5.41) is -1.58. The summed E-state index contributed by atoms with van der Waals surface area (Å²) < 4.78 is 419. The first-order valence-corrected chi connectivity index (χ1v) is 30.3. The number of fused-ring (bicyclic) bond motifs is 2. The number of rotatable bonds is 26. The largest absolute Gasteiger partial charge is 0.416 e. The minimum Gasteiger partial charge on any atom is -0.336 e. The quantitative estimate of drug-likeness (QED) is 0.0295. The summed E-state index contributed by atoms with van der Waals surface area (Å²) in [6, 6.07) is -9.64. The van der Waals surface area contributed by atoms with Crippen molar-refractivity contribution in [1.29, 1.82) is 0 Å². The molecule has 8 aromatic rings. The third kappa shape index (κ3) is 19.0. The van der Waals surface area contributed by atoms with Crippen molar-refractivity contribution in [1.82, 2.24) is 38.7 Å². The van der Waals surface area contributed by atoms with E-state index in [2.05, 4.69) is 9.97 Å². The Balaban J connectivity index is 0.000000297. The molecular formula is C74H80F8N8O4S2. The maximum absolute atomic E-state index is 14.9. The number of carbonyl (C=O) groups excluding carboxylic acids is 2. The van der Waals surface area contributed by atoms with Gasteiger partial charge in [0, 0.05) is 96.4 Å². The zero-order valence-corrected chi connectivity index (χ0v) is 53.2. The SMILES string of the molecule is [2H]c1c([2H])c(C([2H])([2H])Sc2nc(=O)c3c(n2CC(=O)N(CCN(C([2H])([2H])C)C([2H])([2H])C)C([2H])([2H])c2c([2H])c([2H])c(-c4c([2H])c([2H])c(C(F)(F)F)c([2H])c4[2H])c([2H])c2C)CCC3)c([2H])c([2H])c1F.[2H]c1c([2H])c(C([2H])([2H])Sc2nc(=O)c3c(n2CC(=O)N(CCN(C([2H])([2H])C)C([2H])([2H])C)C([2H])([2H])c2ccc(-c4ccc(C(F)(F)F)cc4)cc2)C([2H])([2H])C([2H])(C)C3([2H])[2H])c([2H])c([2H])c1F. The summed E-state index contributed by atoms with van der Waals surface area (Å²) in [5.41, 5.74) is -18.6. The Morgan fingerprint density at radius 3 is 1.54 bits per heavy atom. The van der Waals surface area contributed by atoms with Crippen molar-refractivity contribution in [2.24, 2.45) is 5.89 Å². The lowest BCUT2D eigenvalue weighted by Gasteiger charge is -2.28. The molecule has 2 heterocycles. The number of hydrogen-bond donors (Lipinski definition) is 0. The van der Waals surface area contributed by atoms with Gasteiger partial charge in [-0.2, -0.15) is 36.3 Å². The van der Waals surface area contributed by atoms with Crippen LogP contribution in [-0.2, 0) is 85.0 Å². The number of nitrogens with zero attached hydrogens (tertiary/aromatic N) is 8. The molecule has 1 atom stereocenters. The van der Waals surface area contributed by atoms with Gasteiger partial charge in [-0.15, -0.1) is 0 Å². The third-order valence-corrected chi connectivity index (χ3v) is 15.7. The van der Waals surface area contributed by atoms with Gasteiger partial charge >= 0.3 is 12.4 Å². The van der Waals surface area contributed by atoms with Gasteiger partial charge < -0.3 is 28.7 Å². The van der Waals surface area contributed by atoms with Crippen molar-refractivity contribution < 1.29 is 94.1 Å². The molecule has 0 bridgehead atoms. The van der Waals surface area contributed by atoms with Crippen molar-refractivity contribution in [2.75, 3.05) is 52.2 Å². The van der Waals surface area contributed by atoms with Crippen molar-refractivity contribution >= 4 is 35.3 Å². The lowest BCUT2D eigenvalue weighted by atomic mass is 9.98. The van der Waals surface area contributed by atoms with Gasteiger partial charge in [-0.1, -0.05) is 149 Å². The van der Waals surface area contributed by atoms with E-state index >= 15 is 0 Å². The molecule has 0 fully saturated rings. The number of hydrogen-bond acceptors (Lipinski definition) is 10. The number of likely N-dealkylation sites (N-methyl/N-ethyl adjacent to an activating group) is 2. The molecule has 2 aliphatic rings. The number of halogens is 8. The Bertz CT molecular complexity index is 5900. The molecule has 0 N–H and O–H groups in total. The van der Waals surface area contributed by atoms with Gasteiger partial charge in [0.1, 0.15) is 24.7 Å². The Labute approximate surface area is 614 Å². The number of amides is 2. The second-order valence-corrected chi connectivity index (χ2v) is 21.9. The molecule has 12 nitrogen and oxygen atoms in total. The molecular weight excluding hydrogens is 1280 g/mol. The lowest BCUT2D eigenvalue weighted by molar-refractivity contribution is -0.138. The molecule has 96 heavy (non-hydrogen) atoms. The summed E-state index contributed by atoms with van der Waals surface area (Å²) in [7, 11) is 0. The maximum Gasteiger partial charge on any atom is 0.416 e. The number of carbonyl (C=O) groups is 2. The normalized spacial score (nSPS) is 22.0. The van der Waals surface area contributed by atoms with Gasteiger partial charge in [-0.3, -0.25) is 19.2 Å². The molecule has 508 valence electrons. The molecule has 1 unspecified atom stereocenters. The Morgan fingerprint density at radius 1 is 0.573 bits per heavy atom. The van der Waals surface area contributed by atoms with E-state index in [-0.39, 0.29) is 58.7 Å². The highest BCUT2D eigenvalue weighted by Gasteiger charge is 2.33. The first kappa shape index (κ1) is 38.3. The van der Waals surface area contributed by atoms with Gasteiger partial charge in [0.15, 0.2) is 10.3 Å². The van der Waals surface area contributed by atoms with Crippen LogP contribution in [0.1, 0.15) is 152 Å². The predicted molar refractivity (Wildman–Crippen MR) is 362 cm³/mol. The number of aromatic nitrogens is 4. The van der Waals surface area contributed by atoms with Crippen LogP contribution in [0.25, 0.3) is 22.3 Å². The van der Waals surface area contributed by atoms with E-state index in [1.807, 2.05) is 0 Å². The fourth-order valence-electron chi connectivity index (χ4n) is 9.31. The van der Waals surface area contributed by atoms with Crippen LogP contribution in [0.4, 0.5) is 35.1 Å². The smallest absolute Gasteiger partial charge is 0.336 e. The van der Waals surface area contributed by atoms with Crippen LogP contribution in [0.5, 0.6) is 0 Å². The standard InChI is InChI=1S/2C37H40F4N4O2S/c1-4-43(5-2)18-19-44(22-26-6-10-28(11-7-26)29-12-14-30(15-13-29)37(39,40)41)34(46)23-45-33-21-25(3)20-32(33)35(47)42-36(45)48-24-27-8-16-31(38)17-9-27;1-4-43(5-2)19-20-44(22-29-12-11-28(21-25(29)3)27-13-15-30(16-14-27)37(39,40)41)34(46)23-45-33-8-6-7-32(33)35(47)42-36(45)48-24-26-9-17-31(38)18-10-26/h6-17,25H,4-5,18-24H2,1-3H3;9-18,21H,4-8,19-20,22-24H2,1-3H3/i4D2,5D2,8D,9D,16D,17D,20D2,21D2,22D2,24D2,25D;4D2,5D2,9D,10D,11D,12D,13D,14D,15D,16D,17D,18D,21D,22D2,24D2. The zero-order valence-electron chi connectivity index (χ0n) is 87.5. The van der Waals surface area contributed by atoms with Gasteiger partial charge in [-0.05, 0) is 169 Å². The maximum atomic E-state index is 14.9. The molecule has 6 aromatic carbocycles. The third-order valence-electron chi connectivity index (χ3n) is 14.1. The highest BCUT2D eigenvalue weighted by Crippen LogP contribution is 2.35. The van der Waals surface area contributed by atoms with Crippen LogP contribution < -0.4 is 11.1 Å². The van der Waals surface area contributed by atoms with Crippen molar-refractivity contribution in [3.05, 3.63) is 233 Å².